The summed E-state index contributed by atoms with van der Waals surface area (Å²) in [5.74, 6) is 0.819. The van der Waals surface area contributed by atoms with Gasteiger partial charge in [0.2, 0.25) is 0 Å². The highest BCUT2D eigenvalue weighted by Crippen LogP contribution is 2.27. The average molecular weight is 312 g/mol. The largest absolute Gasteiger partial charge is 0.492 e. The van der Waals surface area contributed by atoms with Gasteiger partial charge in [-0.3, -0.25) is 5.43 Å². The molecule has 0 aromatic heterocycles. The zero-order chi connectivity index (χ0) is 16.1. The molecule has 120 valence electrons. The molecule has 1 aliphatic rings. The van der Waals surface area contributed by atoms with Crippen molar-refractivity contribution in [3.8, 4) is 5.75 Å². The predicted octanol–water partition coefficient (Wildman–Crippen LogP) is 3.15. The molecule has 1 amide bonds. The van der Waals surface area contributed by atoms with E-state index in [4.69, 9.17) is 9.47 Å². The maximum atomic E-state index is 11.8. The normalized spacial score (nSPS) is 21.3. The van der Waals surface area contributed by atoms with Gasteiger partial charge in [0.1, 0.15) is 18.5 Å². The van der Waals surface area contributed by atoms with Gasteiger partial charge in [0.25, 0.3) is 0 Å². The molecule has 0 bridgehead atoms. The molecule has 1 saturated heterocycles. The number of nitrogens with zero attached hydrogens (tertiary/aromatic N) is 1. The third-order valence-electron chi connectivity index (χ3n) is 3.87. The first-order valence-corrected chi connectivity index (χ1v) is 7.71. The van der Waals surface area contributed by atoms with Crippen molar-refractivity contribution >= 4 is 6.09 Å². The molecule has 5 nitrogen and oxygen atoms in total. The van der Waals surface area contributed by atoms with Crippen molar-refractivity contribution in [1.29, 1.82) is 0 Å². The van der Waals surface area contributed by atoms with Gasteiger partial charge < -0.3 is 9.47 Å². The summed E-state index contributed by atoms with van der Waals surface area (Å²) in [6.07, 6.45) is -0.724. The van der Waals surface area contributed by atoms with E-state index in [2.05, 4.69) is 5.43 Å². The number of para-hydroxylation sites is 1. The van der Waals surface area contributed by atoms with Crippen LogP contribution in [-0.4, -0.2) is 30.3 Å². The Hall–Kier alpha value is -2.53. The average Bonchev–Trinajstić information content (AvgIpc) is 2.59. The molecular formula is C18H20N2O3. The summed E-state index contributed by atoms with van der Waals surface area (Å²) in [5, 5.41) is 1.87. The fraction of sp³-hybridized carbons (Fsp3) is 0.278. The number of carbonyl (C=O) groups excluding carboxylic acids is 1. The zero-order valence-electron chi connectivity index (χ0n) is 13.0. The third kappa shape index (κ3) is 3.81. The van der Waals surface area contributed by atoms with Crippen molar-refractivity contribution in [2.75, 3.05) is 13.2 Å². The molecule has 0 spiro atoms. The molecule has 2 aromatic carbocycles. The van der Waals surface area contributed by atoms with Crippen LogP contribution in [0.3, 0.4) is 0 Å². The molecule has 3 rings (SSSR count). The van der Waals surface area contributed by atoms with Gasteiger partial charge in [0.05, 0.1) is 12.6 Å². The lowest BCUT2D eigenvalue weighted by Crippen LogP contribution is -2.56. The van der Waals surface area contributed by atoms with Crippen LogP contribution in [0, 0.1) is 0 Å². The van der Waals surface area contributed by atoms with E-state index in [0.29, 0.717) is 13.2 Å². The van der Waals surface area contributed by atoms with Crippen molar-refractivity contribution in [1.82, 2.24) is 10.4 Å². The number of nitrogens with one attached hydrogen (secondary N) is 1. The minimum atomic E-state index is -0.434. The van der Waals surface area contributed by atoms with Crippen LogP contribution < -0.4 is 10.2 Å². The van der Waals surface area contributed by atoms with Crippen molar-refractivity contribution in [3.63, 3.8) is 0 Å². The van der Waals surface area contributed by atoms with E-state index < -0.39 is 6.09 Å². The Balaban J connectivity index is 1.61. The molecule has 0 unspecified atom stereocenters. The molecule has 2 atom stereocenters. The molecule has 1 heterocycles. The first-order valence-electron chi connectivity index (χ1n) is 7.71. The van der Waals surface area contributed by atoms with Gasteiger partial charge in [-0.15, -0.1) is 0 Å². The maximum absolute atomic E-state index is 11.8. The predicted molar refractivity (Wildman–Crippen MR) is 86.9 cm³/mol. The first-order chi connectivity index (χ1) is 11.2. The van der Waals surface area contributed by atoms with Gasteiger partial charge in [-0.05, 0) is 24.6 Å². The van der Waals surface area contributed by atoms with Gasteiger partial charge in [-0.1, -0.05) is 48.5 Å². The van der Waals surface area contributed by atoms with E-state index in [-0.39, 0.29) is 12.1 Å². The van der Waals surface area contributed by atoms with E-state index in [1.54, 1.807) is 0 Å². The number of carbonyl (C=O) groups is 1. The molecule has 2 aromatic rings. The molecule has 23 heavy (non-hydrogen) atoms. The van der Waals surface area contributed by atoms with Crippen LogP contribution in [0.5, 0.6) is 5.75 Å². The Labute approximate surface area is 135 Å². The Morgan fingerprint density at radius 2 is 1.74 bits per heavy atom. The SMILES string of the molecule is C[C@H]1[C@@H](c2ccccc2)OC(=O)NN1CCOc1ccccc1. The Bertz CT molecular complexity index is 633. The molecule has 0 aliphatic carbocycles. The van der Waals surface area contributed by atoms with Crippen molar-refractivity contribution in [3.05, 3.63) is 66.2 Å². The van der Waals surface area contributed by atoms with Crippen molar-refractivity contribution in [2.24, 2.45) is 0 Å². The smallest absolute Gasteiger partial charge is 0.422 e. The van der Waals surface area contributed by atoms with Crippen LogP contribution in [-0.2, 0) is 4.74 Å². The second-order valence-corrected chi connectivity index (χ2v) is 5.44. The van der Waals surface area contributed by atoms with Crippen molar-refractivity contribution < 1.29 is 14.3 Å². The quantitative estimate of drug-likeness (QED) is 0.921. The number of hydrogen-bond acceptors (Lipinski definition) is 4. The number of benzene rings is 2. The van der Waals surface area contributed by atoms with Crippen LogP contribution >= 0.6 is 0 Å². The first kappa shape index (κ1) is 15.4. The second kappa shape index (κ2) is 7.15. The number of rotatable bonds is 5. The van der Waals surface area contributed by atoms with Crippen molar-refractivity contribution in [2.45, 2.75) is 19.1 Å². The lowest BCUT2D eigenvalue weighted by atomic mass is 10.0. The van der Waals surface area contributed by atoms with Crippen LogP contribution in [0.4, 0.5) is 4.79 Å². The van der Waals surface area contributed by atoms with E-state index in [1.165, 1.54) is 0 Å². The summed E-state index contributed by atoms with van der Waals surface area (Å²) in [5.41, 5.74) is 3.73. The Morgan fingerprint density at radius 1 is 1.09 bits per heavy atom. The van der Waals surface area contributed by atoms with E-state index in [1.807, 2.05) is 72.6 Å². The molecule has 5 heteroatoms. The lowest BCUT2D eigenvalue weighted by molar-refractivity contribution is -0.0418. The van der Waals surface area contributed by atoms with E-state index in [0.717, 1.165) is 11.3 Å². The van der Waals surface area contributed by atoms with Crippen LogP contribution in [0.15, 0.2) is 60.7 Å². The Morgan fingerprint density at radius 3 is 2.43 bits per heavy atom. The number of cyclic esters (lactones) is 1. The van der Waals surface area contributed by atoms with Gasteiger partial charge >= 0.3 is 6.09 Å². The highest BCUT2D eigenvalue weighted by molar-refractivity contribution is 5.67. The summed E-state index contributed by atoms with van der Waals surface area (Å²) in [6.45, 7) is 3.09. The monoisotopic (exact) mass is 312 g/mol. The fourth-order valence-corrected chi connectivity index (χ4v) is 2.65. The summed E-state index contributed by atoms with van der Waals surface area (Å²) in [6, 6.07) is 19.4. The fourth-order valence-electron chi connectivity index (χ4n) is 2.65. The van der Waals surface area contributed by atoms with Gasteiger partial charge in [0.15, 0.2) is 0 Å². The van der Waals surface area contributed by atoms with E-state index >= 15 is 0 Å². The highest BCUT2D eigenvalue weighted by Gasteiger charge is 2.34. The standard InChI is InChI=1S/C18H20N2O3/c1-14-17(15-8-4-2-5-9-15)23-18(21)19-20(14)12-13-22-16-10-6-3-7-11-16/h2-11,14,17H,12-13H2,1H3,(H,19,21)/t14-,17-/m0/s1. The van der Waals surface area contributed by atoms with Crippen LogP contribution in [0.1, 0.15) is 18.6 Å². The van der Waals surface area contributed by atoms with Gasteiger partial charge in [-0.25, -0.2) is 9.80 Å². The second-order valence-electron chi connectivity index (χ2n) is 5.44. The minimum absolute atomic E-state index is 0.00877. The zero-order valence-corrected chi connectivity index (χ0v) is 13.0. The van der Waals surface area contributed by atoms with Crippen LogP contribution in [0.2, 0.25) is 0 Å². The van der Waals surface area contributed by atoms with Gasteiger partial charge in [-0.2, -0.15) is 0 Å². The number of amides is 1. The molecular weight excluding hydrogens is 292 g/mol. The minimum Gasteiger partial charge on any atom is -0.492 e. The lowest BCUT2D eigenvalue weighted by Gasteiger charge is -2.38. The number of hydrogen-bond donors (Lipinski definition) is 1. The topological polar surface area (TPSA) is 50.8 Å². The summed E-state index contributed by atoms with van der Waals surface area (Å²) >= 11 is 0. The summed E-state index contributed by atoms with van der Waals surface area (Å²) in [7, 11) is 0. The van der Waals surface area contributed by atoms with Gasteiger partial charge in [0, 0.05) is 0 Å². The Kier molecular flexibility index (Phi) is 4.78. The molecule has 0 saturated carbocycles. The summed E-state index contributed by atoms with van der Waals surface area (Å²) in [4.78, 5) is 11.8. The molecule has 1 N–H and O–H groups in total. The van der Waals surface area contributed by atoms with Crippen LogP contribution in [0.25, 0.3) is 0 Å². The highest BCUT2D eigenvalue weighted by atomic mass is 16.6. The summed E-state index contributed by atoms with van der Waals surface area (Å²) < 4.78 is 11.1. The molecule has 0 radical (unpaired) electrons. The van der Waals surface area contributed by atoms with E-state index in [9.17, 15) is 4.79 Å². The maximum Gasteiger partial charge on any atom is 0.422 e. The number of ether oxygens (including phenoxy) is 2. The number of hydrazine groups is 1. The molecule has 1 fully saturated rings. The molecule has 1 aliphatic heterocycles. The third-order valence-corrected chi connectivity index (χ3v) is 3.87.